The van der Waals surface area contributed by atoms with E-state index in [2.05, 4.69) is 29.2 Å². The largest absolute Gasteiger partial charge is 0.481 e. The highest BCUT2D eigenvalue weighted by Crippen LogP contribution is 2.49. The Kier molecular flexibility index (Phi) is 2.53. The minimum absolute atomic E-state index is 0.368. The van der Waals surface area contributed by atoms with Crippen LogP contribution in [0.5, 0.6) is 0 Å². The molecule has 4 aliphatic rings. The third-order valence-corrected chi connectivity index (χ3v) is 5.93. The number of hydrogen-bond donors (Lipinski definition) is 1. The third-order valence-electron chi connectivity index (χ3n) is 5.93. The molecule has 3 nitrogen and oxygen atoms in total. The predicted octanol–water partition coefficient (Wildman–Crippen LogP) is 2.54. The Hall–Kier alpha value is -1.35. The van der Waals surface area contributed by atoms with Crippen molar-refractivity contribution in [2.75, 3.05) is 19.6 Å². The zero-order valence-electron chi connectivity index (χ0n) is 11.8. The molecule has 0 radical (unpaired) electrons. The quantitative estimate of drug-likeness (QED) is 0.918. The molecular weight excluding hydrogens is 250 g/mol. The lowest BCUT2D eigenvalue weighted by Crippen LogP contribution is -2.50. The summed E-state index contributed by atoms with van der Waals surface area (Å²) >= 11 is 0. The van der Waals surface area contributed by atoms with E-state index in [0.29, 0.717) is 5.41 Å². The van der Waals surface area contributed by atoms with E-state index in [1.165, 1.54) is 44.5 Å². The molecule has 2 bridgehead atoms. The van der Waals surface area contributed by atoms with Crippen LogP contribution in [-0.2, 0) is 15.6 Å². The van der Waals surface area contributed by atoms with E-state index >= 15 is 0 Å². The highest BCUT2D eigenvalue weighted by atomic mass is 16.4. The maximum Gasteiger partial charge on any atom is 0.314 e. The van der Waals surface area contributed by atoms with Crippen LogP contribution in [-0.4, -0.2) is 35.6 Å². The van der Waals surface area contributed by atoms with Crippen LogP contribution in [0.4, 0.5) is 0 Å². The Morgan fingerprint density at radius 3 is 1.85 bits per heavy atom. The van der Waals surface area contributed by atoms with Crippen molar-refractivity contribution in [3.8, 4) is 0 Å². The van der Waals surface area contributed by atoms with Gasteiger partial charge in [0.1, 0.15) is 0 Å². The van der Waals surface area contributed by atoms with Gasteiger partial charge in [-0.1, -0.05) is 24.3 Å². The summed E-state index contributed by atoms with van der Waals surface area (Å²) in [5.74, 6) is -0.658. The number of piperidine rings is 3. The molecule has 1 aromatic carbocycles. The number of hydrogen-bond acceptors (Lipinski definition) is 2. The summed E-state index contributed by atoms with van der Waals surface area (Å²) in [6, 6.07) is 8.57. The summed E-state index contributed by atoms with van der Waals surface area (Å²) in [5.41, 5.74) is 2.24. The average molecular weight is 271 g/mol. The average Bonchev–Trinajstić information content (AvgIpc) is 3.31. The van der Waals surface area contributed by atoms with E-state index in [1.54, 1.807) is 0 Å². The van der Waals surface area contributed by atoms with Crippen LogP contribution < -0.4 is 0 Å². The van der Waals surface area contributed by atoms with Gasteiger partial charge in [-0.2, -0.15) is 0 Å². The van der Waals surface area contributed by atoms with Gasteiger partial charge in [-0.25, -0.2) is 0 Å². The number of benzene rings is 1. The Bertz CT molecular complexity index is 523. The Morgan fingerprint density at radius 1 is 0.900 bits per heavy atom. The first-order valence-corrected chi connectivity index (χ1v) is 7.72. The van der Waals surface area contributed by atoms with E-state index in [1.807, 2.05) is 0 Å². The lowest BCUT2D eigenvalue weighted by Gasteiger charge is -2.49. The third kappa shape index (κ3) is 1.65. The van der Waals surface area contributed by atoms with Gasteiger partial charge in [-0.05, 0) is 68.3 Å². The molecule has 0 atom stereocenters. The number of fused-ring (bicyclic) bond motifs is 3. The van der Waals surface area contributed by atoms with E-state index in [0.717, 1.165) is 18.4 Å². The first-order chi connectivity index (χ1) is 9.65. The van der Waals surface area contributed by atoms with Gasteiger partial charge in [0.15, 0.2) is 0 Å². The molecule has 0 amide bonds. The summed E-state index contributed by atoms with van der Waals surface area (Å²) in [4.78, 5) is 13.9. The van der Waals surface area contributed by atoms with Gasteiger partial charge >= 0.3 is 5.97 Å². The molecule has 0 aromatic heterocycles. The second kappa shape index (κ2) is 4.08. The van der Waals surface area contributed by atoms with Crippen LogP contribution in [0, 0.1) is 0 Å². The van der Waals surface area contributed by atoms with Crippen LogP contribution >= 0.6 is 0 Å². The van der Waals surface area contributed by atoms with Crippen molar-refractivity contribution >= 4 is 5.97 Å². The number of carboxylic acids is 1. The lowest BCUT2D eigenvalue weighted by molar-refractivity contribution is -0.140. The molecule has 1 N–H and O–H groups in total. The molecule has 1 saturated carbocycles. The standard InChI is InChI=1S/C17H21NO2/c19-15(20)17(5-6-17)14-3-1-13(2-4-14)16-7-10-18(11-8-16)12-9-16/h1-4H,5-12H2,(H,19,20). The van der Waals surface area contributed by atoms with E-state index < -0.39 is 11.4 Å². The molecule has 5 rings (SSSR count). The highest BCUT2D eigenvalue weighted by Gasteiger charge is 2.51. The van der Waals surface area contributed by atoms with Crippen LogP contribution in [0.15, 0.2) is 24.3 Å². The molecule has 3 saturated heterocycles. The topological polar surface area (TPSA) is 40.5 Å². The fraction of sp³-hybridized carbons (Fsp3) is 0.588. The zero-order chi connectivity index (χ0) is 13.8. The first-order valence-electron chi connectivity index (χ1n) is 7.72. The van der Waals surface area contributed by atoms with Gasteiger partial charge in [-0.3, -0.25) is 4.79 Å². The van der Waals surface area contributed by atoms with Crippen molar-refractivity contribution in [1.82, 2.24) is 4.90 Å². The molecule has 0 unspecified atom stereocenters. The van der Waals surface area contributed by atoms with Gasteiger partial charge in [0.25, 0.3) is 0 Å². The van der Waals surface area contributed by atoms with Gasteiger partial charge < -0.3 is 10.0 Å². The maximum atomic E-state index is 11.4. The smallest absolute Gasteiger partial charge is 0.314 e. The van der Waals surface area contributed by atoms with Crippen LogP contribution in [0.25, 0.3) is 0 Å². The lowest BCUT2D eigenvalue weighted by atomic mass is 9.67. The minimum atomic E-state index is -0.658. The molecule has 4 fully saturated rings. The Labute approximate surface area is 119 Å². The Balaban J connectivity index is 1.63. The van der Waals surface area contributed by atoms with E-state index in [4.69, 9.17) is 0 Å². The minimum Gasteiger partial charge on any atom is -0.481 e. The van der Waals surface area contributed by atoms with E-state index in [-0.39, 0.29) is 0 Å². The first kappa shape index (κ1) is 12.4. The SMILES string of the molecule is O=C(O)C1(c2ccc(C34CCN(CC3)CC4)cc2)CC1. The van der Waals surface area contributed by atoms with Crippen molar-refractivity contribution in [1.29, 1.82) is 0 Å². The van der Waals surface area contributed by atoms with Crippen molar-refractivity contribution in [2.24, 2.45) is 0 Å². The van der Waals surface area contributed by atoms with Crippen molar-refractivity contribution < 1.29 is 9.90 Å². The van der Waals surface area contributed by atoms with Crippen molar-refractivity contribution in [3.05, 3.63) is 35.4 Å². The molecule has 106 valence electrons. The normalized spacial score (nSPS) is 33.9. The number of nitrogens with zero attached hydrogens (tertiary/aromatic N) is 1. The number of rotatable bonds is 3. The summed E-state index contributed by atoms with van der Waals surface area (Å²) < 4.78 is 0. The summed E-state index contributed by atoms with van der Waals surface area (Å²) in [5, 5.41) is 9.37. The molecule has 20 heavy (non-hydrogen) atoms. The van der Waals surface area contributed by atoms with Gasteiger partial charge in [0.2, 0.25) is 0 Å². The zero-order valence-corrected chi connectivity index (χ0v) is 11.8. The summed E-state index contributed by atoms with van der Waals surface area (Å²) in [6.07, 6.45) is 5.37. The molecule has 1 aromatic rings. The molecular formula is C17H21NO2. The Morgan fingerprint density at radius 2 is 1.40 bits per heavy atom. The van der Waals surface area contributed by atoms with Crippen LogP contribution in [0.3, 0.4) is 0 Å². The van der Waals surface area contributed by atoms with Crippen molar-refractivity contribution in [2.45, 2.75) is 42.9 Å². The monoisotopic (exact) mass is 271 g/mol. The second-order valence-electron chi connectivity index (χ2n) is 6.84. The number of carboxylic acid groups (broad SMARTS) is 1. The molecule has 3 heteroatoms. The predicted molar refractivity (Wildman–Crippen MR) is 77.0 cm³/mol. The summed E-state index contributed by atoms with van der Waals surface area (Å²) in [7, 11) is 0. The maximum absolute atomic E-state index is 11.4. The van der Waals surface area contributed by atoms with Crippen LogP contribution in [0.2, 0.25) is 0 Å². The van der Waals surface area contributed by atoms with Gasteiger partial charge in [0.05, 0.1) is 5.41 Å². The molecule has 3 heterocycles. The summed E-state index contributed by atoms with van der Waals surface area (Å²) in [6.45, 7) is 3.67. The van der Waals surface area contributed by atoms with Crippen molar-refractivity contribution in [3.63, 3.8) is 0 Å². The van der Waals surface area contributed by atoms with Gasteiger partial charge in [0, 0.05) is 0 Å². The number of aliphatic carboxylic acids is 1. The van der Waals surface area contributed by atoms with Gasteiger partial charge in [-0.15, -0.1) is 0 Å². The second-order valence-corrected chi connectivity index (χ2v) is 6.84. The fourth-order valence-electron chi connectivity index (χ4n) is 4.15. The highest BCUT2D eigenvalue weighted by molar-refractivity contribution is 5.84. The molecule has 3 aliphatic heterocycles. The fourth-order valence-corrected chi connectivity index (χ4v) is 4.15. The number of carbonyl (C=O) groups is 1. The van der Waals surface area contributed by atoms with E-state index in [9.17, 15) is 9.90 Å². The molecule has 1 aliphatic carbocycles. The van der Waals surface area contributed by atoms with Crippen LogP contribution in [0.1, 0.15) is 43.2 Å². The molecule has 0 spiro atoms.